The Bertz CT molecular complexity index is 509. The molecule has 0 radical (unpaired) electrons. The zero-order chi connectivity index (χ0) is 14.4. The zero-order valence-electron chi connectivity index (χ0n) is 11.3. The van der Waals surface area contributed by atoms with Crippen molar-refractivity contribution in [1.82, 2.24) is 4.90 Å². The maximum Gasteiger partial charge on any atom is 0.235 e. The molecule has 0 aromatic heterocycles. The molecule has 0 bridgehead atoms. The molecule has 1 atom stereocenters. The number of sulfone groups is 1. The van der Waals surface area contributed by atoms with E-state index in [-0.39, 0.29) is 28.4 Å². The quantitative estimate of drug-likeness (QED) is 0.760. The minimum atomic E-state index is -3.00. The highest BCUT2D eigenvalue weighted by Crippen LogP contribution is 2.47. The van der Waals surface area contributed by atoms with Crippen LogP contribution in [-0.2, 0) is 14.6 Å². The number of thiocarbonyl (C=S) groups is 1. The Morgan fingerprint density at radius 2 is 2.00 bits per heavy atom. The van der Waals surface area contributed by atoms with Crippen molar-refractivity contribution in [3.8, 4) is 0 Å². The normalized spacial score (nSPS) is 36.5. The van der Waals surface area contributed by atoms with Crippen LogP contribution in [0.5, 0.6) is 0 Å². The number of nitrogens with zero attached hydrogens (tertiary/aromatic N) is 1. The van der Waals surface area contributed by atoms with Crippen LogP contribution in [0.2, 0.25) is 0 Å². The first-order valence-corrected chi connectivity index (χ1v) is 8.68. The molecule has 7 heteroatoms. The molecular formula is C12H20N2O3S2. The van der Waals surface area contributed by atoms with Gasteiger partial charge in [0.2, 0.25) is 5.91 Å². The highest BCUT2D eigenvalue weighted by atomic mass is 32.2. The van der Waals surface area contributed by atoms with Gasteiger partial charge in [0, 0.05) is 13.1 Å². The van der Waals surface area contributed by atoms with Crippen molar-refractivity contribution in [3.05, 3.63) is 0 Å². The van der Waals surface area contributed by atoms with Crippen molar-refractivity contribution in [3.63, 3.8) is 0 Å². The van der Waals surface area contributed by atoms with Crippen molar-refractivity contribution in [2.24, 2.45) is 17.1 Å². The fraction of sp³-hybridized carbons (Fsp3) is 0.833. The number of hydrogen-bond donors (Lipinski definition) is 1. The highest BCUT2D eigenvalue weighted by molar-refractivity contribution is 7.91. The second-order valence-electron chi connectivity index (χ2n) is 5.93. The second-order valence-corrected chi connectivity index (χ2v) is 8.60. The fourth-order valence-electron chi connectivity index (χ4n) is 3.20. The molecule has 0 aromatic rings. The van der Waals surface area contributed by atoms with E-state index in [1.807, 2.05) is 0 Å². The molecule has 2 rings (SSSR count). The molecule has 1 amide bonds. The van der Waals surface area contributed by atoms with Crippen LogP contribution in [0.3, 0.4) is 0 Å². The van der Waals surface area contributed by atoms with Gasteiger partial charge in [-0.05, 0) is 25.2 Å². The lowest BCUT2D eigenvalue weighted by Crippen LogP contribution is -2.58. The summed E-state index contributed by atoms with van der Waals surface area (Å²) in [7, 11) is -1.33. The molecule has 2 aliphatic rings. The van der Waals surface area contributed by atoms with E-state index in [0.29, 0.717) is 25.2 Å². The lowest BCUT2D eigenvalue weighted by Gasteiger charge is -2.46. The minimum absolute atomic E-state index is 0.0538. The minimum Gasteiger partial charge on any atom is -0.392 e. The lowest BCUT2D eigenvalue weighted by atomic mass is 9.61. The Kier molecular flexibility index (Phi) is 3.64. The standard InChI is InChI=1S/C12H20N2O3S2/c1-8-5-12(6-8,10(13)18)11(15)14(2)9-3-4-19(16,17)7-9/h8-9H,3-7H2,1-2H3,(H2,13,18). The van der Waals surface area contributed by atoms with E-state index in [9.17, 15) is 13.2 Å². The Morgan fingerprint density at radius 1 is 1.42 bits per heavy atom. The molecule has 2 fully saturated rings. The fourth-order valence-corrected chi connectivity index (χ4v) is 5.22. The van der Waals surface area contributed by atoms with Crippen LogP contribution >= 0.6 is 12.2 Å². The van der Waals surface area contributed by atoms with E-state index in [1.54, 1.807) is 11.9 Å². The van der Waals surface area contributed by atoms with E-state index in [1.165, 1.54) is 0 Å². The molecule has 19 heavy (non-hydrogen) atoms. The van der Waals surface area contributed by atoms with Gasteiger partial charge in [-0.25, -0.2) is 8.42 Å². The maximum absolute atomic E-state index is 12.6. The van der Waals surface area contributed by atoms with Crippen molar-refractivity contribution < 1.29 is 13.2 Å². The Hall–Kier alpha value is -0.690. The predicted molar refractivity (Wildman–Crippen MR) is 77.4 cm³/mol. The molecule has 1 aliphatic heterocycles. The summed E-state index contributed by atoms with van der Waals surface area (Å²) >= 11 is 5.06. The first kappa shape index (κ1) is 14.7. The van der Waals surface area contributed by atoms with Gasteiger partial charge < -0.3 is 10.6 Å². The monoisotopic (exact) mass is 304 g/mol. The van der Waals surface area contributed by atoms with Crippen molar-refractivity contribution in [2.45, 2.75) is 32.2 Å². The van der Waals surface area contributed by atoms with Gasteiger partial charge in [-0.1, -0.05) is 19.1 Å². The number of hydrogen-bond acceptors (Lipinski definition) is 4. The van der Waals surface area contributed by atoms with Crippen LogP contribution in [-0.4, -0.2) is 48.8 Å². The number of amides is 1. The third-order valence-electron chi connectivity index (χ3n) is 4.35. The van der Waals surface area contributed by atoms with Gasteiger partial charge in [-0.15, -0.1) is 0 Å². The average Bonchev–Trinajstić information content (AvgIpc) is 2.62. The SMILES string of the molecule is CC1CC(C(=O)N(C)C2CCS(=O)(=O)C2)(C(N)=S)C1. The van der Waals surface area contributed by atoms with Crippen LogP contribution < -0.4 is 5.73 Å². The third-order valence-corrected chi connectivity index (χ3v) is 6.49. The lowest BCUT2D eigenvalue weighted by molar-refractivity contribution is -0.144. The predicted octanol–water partition coefficient (Wildman–Crippen LogP) is 0.334. The van der Waals surface area contributed by atoms with E-state index in [0.717, 1.165) is 0 Å². The van der Waals surface area contributed by atoms with Crippen molar-refractivity contribution >= 4 is 33.0 Å². The molecule has 108 valence electrons. The van der Waals surface area contributed by atoms with Gasteiger partial charge in [0.05, 0.1) is 21.9 Å². The summed E-state index contributed by atoms with van der Waals surface area (Å²) < 4.78 is 23.0. The molecule has 1 saturated carbocycles. The summed E-state index contributed by atoms with van der Waals surface area (Å²) in [5, 5.41) is 0. The topological polar surface area (TPSA) is 80.5 Å². The maximum atomic E-state index is 12.6. The second kappa shape index (κ2) is 4.70. The summed E-state index contributed by atoms with van der Waals surface area (Å²) in [5.74, 6) is 0.538. The van der Waals surface area contributed by atoms with E-state index in [4.69, 9.17) is 18.0 Å². The van der Waals surface area contributed by atoms with Gasteiger partial charge in [0.1, 0.15) is 0 Å². The zero-order valence-corrected chi connectivity index (χ0v) is 12.9. The summed E-state index contributed by atoms with van der Waals surface area (Å²) in [6.07, 6.45) is 1.85. The van der Waals surface area contributed by atoms with Gasteiger partial charge in [-0.2, -0.15) is 0 Å². The third kappa shape index (κ3) is 2.50. The number of carbonyl (C=O) groups is 1. The van der Waals surface area contributed by atoms with Crippen LogP contribution in [0.4, 0.5) is 0 Å². The van der Waals surface area contributed by atoms with Crippen LogP contribution in [0, 0.1) is 11.3 Å². The molecule has 1 heterocycles. The van der Waals surface area contributed by atoms with E-state index < -0.39 is 15.3 Å². The van der Waals surface area contributed by atoms with Crippen LogP contribution in [0.1, 0.15) is 26.2 Å². The van der Waals surface area contributed by atoms with Crippen molar-refractivity contribution in [2.75, 3.05) is 18.6 Å². The first-order chi connectivity index (χ1) is 8.68. The molecule has 1 saturated heterocycles. The van der Waals surface area contributed by atoms with E-state index in [2.05, 4.69) is 6.92 Å². The summed E-state index contributed by atoms with van der Waals surface area (Å²) in [4.78, 5) is 14.4. The molecule has 1 aliphatic carbocycles. The number of rotatable bonds is 3. The molecule has 2 N–H and O–H groups in total. The smallest absolute Gasteiger partial charge is 0.235 e. The molecule has 5 nitrogen and oxygen atoms in total. The average molecular weight is 304 g/mol. The van der Waals surface area contributed by atoms with Gasteiger partial charge >= 0.3 is 0 Å². The number of carbonyl (C=O) groups excluding carboxylic acids is 1. The van der Waals surface area contributed by atoms with Gasteiger partial charge in [0.25, 0.3) is 0 Å². The van der Waals surface area contributed by atoms with Gasteiger partial charge in [-0.3, -0.25) is 4.79 Å². The van der Waals surface area contributed by atoms with Crippen LogP contribution in [0.15, 0.2) is 0 Å². The molecule has 0 spiro atoms. The number of nitrogens with two attached hydrogens (primary N) is 1. The molecule has 1 unspecified atom stereocenters. The first-order valence-electron chi connectivity index (χ1n) is 6.45. The molecular weight excluding hydrogens is 284 g/mol. The summed E-state index contributed by atoms with van der Waals surface area (Å²) in [5.41, 5.74) is 5.01. The Balaban J connectivity index is 2.13. The van der Waals surface area contributed by atoms with E-state index >= 15 is 0 Å². The van der Waals surface area contributed by atoms with Crippen LogP contribution in [0.25, 0.3) is 0 Å². The Labute approximate surface area is 119 Å². The summed E-state index contributed by atoms with van der Waals surface area (Å²) in [6.45, 7) is 2.06. The summed E-state index contributed by atoms with van der Waals surface area (Å²) in [6, 6.07) is -0.236. The Morgan fingerprint density at radius 3 is 2.37 bits per heavy atom. The van der Waals surface area contributed by atoms with Gasteiger partial charge in [0.15, 0.2) is 9.84 Å². The molecule has 0 aromatic carbocycles. The highest BCUT2D eigenvalue weighted by Gasteiger charge is 2.53. The largest absolute Gasteiger partial charge is 0.392 e. The van der Waals surface area contributed by atoms with Crippen molar-refractivity contribution in [1.29, 1.82) is 0 Å².